The van der Waals surface area contributed by atoms with Crippen molar-refractivity contribution in [1.29, 1.82) is 0 Å². The van der Waals surface area contributed by atoms with E-state index in [9.17, 15) is 24.0 Å². The van der Waals surface area contributed by atoms with Gasteiger partial charge in [-0.05, 0) is 38.7 Å². The number of likely N-dealkylation sites (tertiary alicyclic amines) is 1. The Kier molecular flexibility index (Phi) is 10.8. The number of alkyl carbamates (subject to hydrolysis) is 1. The van der Waals surface area contributed by atoms with Crippen LogP contribution in [0, 0.1) is 5.92 Å². The Morgan fingerprint density at radius 3 is 2.20 bits per heavy atom. The maximum absolute atomic E-state index is 13.0. The van der Waals surface area contributed by atoms with Crippen molar-refractivity contribution in [2.45, 2.75) is 58.4 Å². The number of ketones is 1. The van der Waals surface area contributed by atoms with E-state index in [2.05, 4.69) is 5.32 Å². The molecule has 2 amide bonds. The number of rotatable bonds is 10. The van der Waals surface area contributed by atoms with Crippen molar-refractivity contribution in [3.63, 3.8) is 0 Å². The lowest BCUT2D eigenvalue weighted by Gasteiger charge is -2.28. The molecule has 0 aromatic heterocycles. The molecular formula is C30H36N2O9. The first-order valence-electron chi connectivity index (χ1n) is 13.3. The van der Waals surface area contributed by atoms with Gasteiger partial charge >= 0.3 is 24.1 Å². The molecule has 1 N–H and O–H groups in total. The zero-order valence-electron chi connectivity index (χ0n) is 23.7. The van der Waals surface area contributed by atoms with Crippen LogP contribution in [0.4, 0.5) is 9.59 Å². The van der Waals surface area contributed by atoms with Gasteiger partial charge in [-0.2, -0.15) is 0 Å². The standard InChI is InChI=1S/C30H36N2O9/c1-20-15-24(32(16-20)29(37)41-30(2,3)4)27(35)38-18-23(31-28(36)40-17-21-11-7-5-8-12-21)26(34)39-19-25(33)22-13-9-6-10-14-22/h5-14,20,23-24H,15-19H2,1-4H3,(H,31,36)/t20-,23+,24+/m1/s1. The molecule has 220 valence electrons. The van der Waals surface area contributed by atoms with E-state index in [1.807, 2.05) is 13.0 Å². The van der Waals surface area contributed by atoms with E-state index in [4.69, 9.17) is 18.9 Å². The molecule has 1 saturated heterocycles. The van der Waals surface area contributed by atoms with Crippen LogP contribution >= 0.6 is 0 Å². The number of nitrogens with zero attached hydrogens (tertiary/aromatic N) is 1. The molecule has 41 heavy (non-hydrogen) atoms. The minimum Gasteiger partial charge on any atom is -0.461 e. The first-order valence-corrected chi connectivity index (χ1v) is 13.3. The number of benzene rings is 2. The third-order valence-corrected chi connectivity index (χ3v) is 6.03. The number of Topliss-reactive ketones (excluding diaryl/α,β-unsaturated/α-hetero) is 1. The van der Waals surface area contributed by atoms with Crippen molar-refractivity contribution < 1.29 is 42.9 Å². The largest absolute Gasteiger partial charge is 0.461 e. The summed E-state index contributed by atoms with van der Waals surface area (Å²) in [4.78, 5) is 64.8. The molecule has 0 spiro atoms. The lowest BCUT2D eigenvalue weighted by atomic mass is 10.1. The van der Waals surface area contributed by atoms with Crippen molar-refractivity contribution in [3.8, 4) is 0 Å². The highest BCUT2D eigenvalue weighted by Gasteiger charge is 2.41. The van der Waals surface area contributed by atoms with Crippen LogP contribution in [0.15, 0.2) is 60.7 Å². The highest BCUT2D eigenvalue weighted by molar-refractivity contribution is 5.98. The normalized spacial score (nSPS) is 17.2. The molecule has 1 aliphatic rings. The minimum atomic E-state index is -1.47. The summed E-state index contributed by atoms with van der Waals surface area (Å²) >= 11 is 0. The average molecular weight is 569 g/mol. The van der Waals surface area contributed by atoms with Crippen LogP contribution in [-0.2, 0) is 35.1 Å². The molecule has 11 nitrogen and oxygen atoms in total. The molecule has 0 aliphatic carbocycles. The Morgan fingerprint density at radius 1 is 0.927 bits per heavy atom. The summed E-state index contributed by atoms with van der Waals surface area (Å²) < 4.78 is 21.1. The number of nitrogens with one attached hydrogen (secondary N) is 1. The minimum absolute atomic E-state index is 0.0101. The molecule has 11 heteroatoms. The van der Waals surface area contributed by atoms with Gasteiger partial charge in [0.15, 0.2) is 18.4 Å². The Morgan fingerprint density at radius 2 is 1.56 bits per heavy atom. The van der Waals surface area contributed by atoms with Crippen molar-refractivity contribution in [2.24, 2.45) is 5.92 Å². The zero-order valence-corrected chi connectivity index (χ0v) is 23.7. The summed E-state index contributed by atoms with van der Waals surface area (Å²) in [6.07, 6.45) is -1.27. The maximum Gasteiger partial charge on any atom is 0.411 e. The van der Waals surface area contributed by atoms with Gasteiger partial charge in [-0.3, -0.25) is 9.69 Å². The van der Waals surface area contributed by atoms with Crippen LogP contribution in [0.3, 0.4) is 0 Å². The lowest BCUT2D eigenvalue weighted by molar-refractivity contribution is -0.154. The summed E-state index contributed by atoms with van der Waals surface area (Å²) in [5.41, 5.74) is 0.309. The molecule has 2 aromatic carbocycles. The van der Waals surface area contributed by atoms with Gasteiger partial charge in [0.25, 0.3) is 0 Å². The molecule has 2 aromatic rings. The molecule has 3 atom stereocenters. The van der Waals surface area contributed by atoms with Crippen molar-refractivity contribution in [1.82, 2.24) is 10.2 Å². The molecular weight excluding hydrogens is 532 g/mol. The Hall–Kier alpha value is -4.41. The average Bonchev–Trinajstić information content (AvgIpc) is 3.34. The van der Waals surface area contributed by atoms with Crippen LogP contribution in [0.1, 0.15) is 50.0 Å². The van der Waals surface area contributed by atoms with E-state index in [0.717, 1.165) is 5.56 Å². The molecule has 1 aliphatic heterocycles. The Bertz CT molecular complexity index is 1210. The molecule has 0 radical (unpaired) electrons. The number of amides is 2. The number of carbonyl (C=O) groups excluding carboxylic acids is 5. The Balaban J connectivity index is 1.64. The summed E-state index contributed by atoms with van der Waals surface area (Å²) in [6.45, 7) is 6.10. The fourth-order valence-corrected chi connectivity index (χ4v) is 4.07. The smallest absolute Gasteiger partial charge is 0.411 e. The number of esters is 2. The number of hydrogen-bond donors (Lipinski definition) is 1. The second-order valence-electron chi connectivity index (χ2n) is 10.8. The summed E-state index contributed by atoms with van der Waals surface area (Å²) in [6, 6.07) is 14.7. The van der Waals surface area contributed by atoms with Crippen LogP contribution in [0.2, 0.25) is 0 Å². The first kappa shape index (κ1) is 31.1. The van der Waals surface area contributed by atoms with E-state index >= 15 is 0 Å². The second kappa shape index (κ2) is 14.3. The highest BCUT2D eigenvalue weighted by Crippen LogP contribution is 2.26. The van der Waals surface area contributed by atoms with Crippen LogP contribution in [-0.4, -0.2) is 72.3 Å². The monoisotopic (exact) mass is 568 g/mol. The quantitative estimate of drug-likeness (QED) is 0.257. The fourth-order valence-electron chi connectivity index (χ4n) is 4.07. The van der Waals surface area contributed by atoms with Gasteiger partial charge in [0, 0.05) is 12.1 Å². The summed E-state index contributed by atoms with van der Waals surface area (Å²) in [5.74, 6) is -2.20. The van der Waals surface area contributed by atoms with Gasteiger partial charge in [0.2, 0.25) is 0 Å². The van der Waals surface area contributed by atoms with Crippen LogP contribution in [0.25, 0.3) is 0 Å². The second-order valence-corrected chi connectivity index (χ2v) is 10.8. The zero-order chi connectivity index (χ0) is 30.0. The number of hydrogen-bond acceptors (Lipinski definition) is 9. The molecule has 1 heterocycles. The van der Waals surface area contributed by atoms with Gasteiger partial charge < -0.3 is 24.3 Å². The predicted octanol–water partition coefficient (Wildman–Crippen LogP) is 3.90. The highest BCUT2D eigenvalue weighted by atomic mass is 16.6. The maximum atomic E-state index is 13.0. The summed E-state index contributed by atoms with van der Waals surface area (Å²) in [7, 11) is 0. The molecule has 0 saturated carbocycles. The molecule has 3 rings (SSSR count). The van der Waals surface area contributed by atoms with Crippen LogP contribution < -0.4 is 5.32 Å². The molecule has 0 unspecified atom stereocenters. The first-order chi connectivity index (χ1) is 19.4. The van der Waals surface area contributed by atoms with E-state index in [1.54, 1.807) is 75.4 Å². The molecule has 0 bridgehead atoms. The van der Waals surface area contributed by atoms with Gasteiger partial charge in [-0.25, -0.2) is 19.2 Å². The van der Waals surface area contributed by atoms with Gasteiger partial charge in [0.1, 0.15) is 24.9 Å². The van der Waals surface area contributed by atoms with E-state index in [1.165, 1.54) is 4.90 Å². The number of ether oxygens (including phenoxy) is 4. The van der Waals surface area contributed by atoms with Gasteiger partial charge in [-0.15, -0.1) is 0 Å². The van der Waals surface area contributed by atoms with E-state index in [-0.39, 0.29) is 12.5 Å². The van der Waals surface area contributed by atoms with Crippen LogP contribution in [0.5, 0.6) is 0 Å². The SMILES string of the molecule is C[C@@H]1C[C@@H](C(=O)OC[C@H](NC(=O)OCc2ccccc2)C(=O)OCC(=O)c2ccccc2)N(C(=O)OC(C)(C)C)C1. The fraction of sp³-hybridized carbons (Fsp3) is 0.433. The van der Waals surface area contributed by atoms with Crippen molar-refractivity contribution in [2.75, 3.05) is 19.8 Å². The van der Waals surface area contributed by atoms with Crippen molar-refractivity contribution >= 4 is 29.9 Å². The van der Waals surface area contributed by atoms with E-state index in [0.29, 0.717) is 18.5 Å². The van der Waals surface area contributed by atoms with Crippen molar-refractivity contribution in [3.05, 3.63) is 71.8 Å². The molecule has 1 fully saturated rings. The van der Waals surface area contributed by atoms with Gasteiger partial charge in [0.05, 0.1) is 0 Å². The topological polar surface area (TPSA) is 138 Å². The predicted molar refractivity (Wildman–Crippen MR) is 147 cm³/mol. The number of carbonyl (C=O) groups is 5. The lowest BCUT2D eigenvalue weighted by Crippen LogP contribution is -2.48. The Labute approximate surface area is 239 Å². The summed E-state index contributed by atoms with van der Waals surface area (Å²) in [5, 5.41) is 2.34. The third-order valence-electron chi connectivity index (χ3n) is 6.03. The third kappa shape index (κ3) is 9.93. The van der Waals surface area contributed by atoms with E-state index < -0.39 is 60.8 Å². The van der Waals surface area contributed by atoms with Gasteiger partial charge in [-0.1, -0.05) is 67.6 Å².